The molecule has 2 N–H and O–H groups in total. The van der Waals surface area contributed by atoms with Gasteiger partial charge in [-0.15, -0.1) is 0 Å². The van der Waals surface area contributed by atoms with Gasteiger partial charge in [0.05, 0.1) is 5.75 Å². The molecule has 2 aromatic rings. The van der Waals surface area contributed by atoms with E-state index in [0.29, 0.717) is 5.56 Å². The van der Waals surface area contributed by atoms with Crippen molar-refractivity contribution in [3.63, 3.8) is 0 Å². The number of sulfonamides is 1. The second-order valence-electron chi connectivity index (χ2n) is 5.76. The van der Waals surface area contributed by atoms with E-state index < -0.39 is 21.8 Å². The van der Waals surface area contributed by atoms with E-state index in [2.05, 4.69) is 5.32 Å². The van der Waals surface area contributed by atoms with Gasteiger partial charge in [-0.05, 0) is 22.9 Å². The summed E-state index contributed by atoms with van der Waals surface area (Å²) in [7, 11) is -3.75. The molecule has 6 nitrogen and oxygen atoms in total. The summed E-state index contributed by atoms with van der Waals surface area (Å²) in [5.41, 5.74) is 0.456. The van der Waals surface area contributed by atoms with Gasteiger partial charge in [-0.25, -0.2) is 8.42 Å². The molecule has 0 aliphatic heterocycles. The minimum atomic E-state index is -3.75. The molecule has 0 aliphatic rings. The Morgan fingerprint density at radius 1 is 1.04 bits per heavy atom. The number of carbonyl (C=O) groups excluding carboxylic acids is 2. The first kappa shape index (κ1) is 17.9. The van der Waals surface area contributed by atoms with Crippen molar-refractivity contribution in [1.82, 2.24) is 10.0 Å². The lowest BCUT2D eigenvalue weighted by Gasteiger charge is -2.10. The second-order valence-corrected chi connectivity index (χ2v) is 7.60. The Balaban J connectivity index is 1.93. The van der Waals surface area contributed by atoms with Crippen molar-refractivity contribution in [3.8, 4) is 0 Å². The van der Waals surface area contributed by atoms with Crippen molar-refractivity contribution in [2.45, 2.75) is 13.8 Å². The van der Waals surface area contributed by atoms with Gasteiger partial charge in [-0.1, -0.05) is 44.2 Å². The standard InChI is InChI=1S/C17H20N2O4S/c1-12(2)16(20)19-24(22,23)10-9-18-17(21)15-8-7-13-5-3-4-6-14(13)11-15/h3-8,11-12H,9-10H2,1-2H3,(H,18,21)(H,19,20). The van der Waals surface area contributed by atoms with Crippen molar-refractivity contribution < 1.29 is 18.0 Å². The van der Waals surface area contributed by atoms with Crippen LogP contribution in [-0.2, 0) is 14.8 Å². The molecule has 7 heteroatoms. The lowest BCUT2D eigenvalue weighted by molar-refractivity contribution is -0.122. The Morgan fingerprint density at radius 2 is 1.71 bits per heavy atom. The molecule has 0 fully saturated rings. The number of hydrogen-bond donors (Lipinski definition) is 2. The van der Waals surface area contributed by atoms with Crippen molar-refractivity contribution in [2.24, 2.45) is 5.92 Å². The fourth-order valence-corrected chi connectivity index (χ4v) is 3.07. The van der Waals surface area contributed by atoms with Crippen LogP contribution in [0.1, 0.15) is 24.2 Å². The lowest BCUT2D eigenvalue weighted by Crippen LogP contribution is -2.39. The smallest absolute Gasteiger partial charge is 0.251 e. The Morgan fingerprint density at radius 3 is 2.38 bits per heavy atom. The highest BCUT2D eigenvalue weighted by molar-refractivity contribution is 7.90. The maximum Gasteiger partial charge on any atom is 0.251 e. The van der Waals surface area contributed by atoms with Crippen LogP contribution in [0.2, 0.25) is 0 Å². The fourth-order valence-electron chi connectivity index (χ4n) is 2.05. The normalized spacial score (nSPS) is 11.5. The van der Waals surface area contributed by atoms with E-state index >= 15 is 0 Å². The highest BCUT2D eigenvalue weighted by Gasteiger charge is 2.17. The van der Waals surface area contributed by atoms with E-state index in [-0.39, 0.29) is 18.2 Å². The van der Waals surface area contributed by atoms with Crippen LogP contribution >= 0.6 is 0 Å². The van der Waals surface area contributed by atoms with Crippen LogP contribution < -0.4 is 10.0 Å². The average Bonchev–Trinajstić information content (AvgIpc) is 2.53. The van der Waals surface area contributed by atoms with E-state index in [1.54, 1.807) is 26.0 Å². The van der Waals surface area contributed by atoms with Gasteiger partial charge in [0.1, 0.15) is 0 Å². The van der Waals surface area contributed by atoms with E-state index in [1.807, 2.05) is 35.1 Å². The maximum atomic E-state index is 12.1. The summed E-state index contributed by atoms with van der Waals surface area (Å²) in [5, 5.41) is 4.51. The van der Waals surface area contributed by atoms with Crippen LogP contribution in [0.15, 0.2) is 42.5 Å². The van der Waals surface area contributed by atoms with Gasteiger partial charge in [0.15, 0.2) is 0 Å². The summed E-state index contributed by atoms with van der Waals surface area (Å²) in [6.45, 7) is 3.13. The third kappa shape index (κ3) is 4.79. The molecule has 0 heterocycles. The Hall–Kier alpha value is -2.41. The maximum absolute atomic E-state index is 12.1. The molecule has 0 atom stereocenters. The summed E-state index contributed by atoms with van der Waals surface area (Å²) < 4.78 is 25.5. The number of benzene rings is 2. The average molecular weight is 348 g/mol. The summed E-state index contributed by atoms with van der Waals surface area (Å²) in [6, 6.07) is 12.9. The van der Waals surface area contributed by atoms with E-state index in [1.165, 1.54) is 0 Å². The van der Waals surface area contributed by atoms with E-state index in [4.69, 9.17) is 0 Å². The summed E-state index contributed by atoms with van der Waals surface area (Å²) in [4.78, 5) is 23.5. The number of carbonyl (C=O) groups is 2. The molecule has 0 saturated heterocycles. The van der Waals surface area contributed by atoms with Gasteiger partial charge < -0.3 is 5.32 Å². The van der Waals surface area contributed by atoms with E-state index in [0.717, 1.165) is 10.8 Å². The van der Waals surface area contributed by atoms with Crippen LogP contribution in [0.3, 0.4) is 0 Å². The molecule has 0 aliphatic carbocycles. The number of amides is 2. The zero-order chi connectivity index (χ0) is 17.7. The summed E-state index contributed by atoms with van der Waals surface area (Å²) in [6.07, 6.45) is 0. The Kier molecular flexibility index (Phi) is 5.56. The molecule has 0 bridgehead atoms. The van der Waals surface area contributed by atoms with Crippen molar-refractivity contribution >= 4 is 32.6 Å². The predicted octanol–water partition coefficient (Wildman–Crippen LogP) is 1.67. The summed E-state index contributed by atoms with van der Waals surface area (Å²) in [5.74, 6) is -1.70. The summed E-state index contributed by atoms with van der Waals surface area (Å²) >= 11 is 0. The second kappa shape index (κ2) is 7.44. The number of rotatable bonds is 6. The van der Waals surface area contributed by atoms with Crippen LogP contribution in [-0.4, -0.2) is 32.5 Å². The zero-order valence-corrected chi connectivity index (χ0v) is 14.4. The largest absolute Gasteiger partial charge is 0.351 e. The number of nitrogens with one attached hydrogen (secondary N) is 2. The Bertz CT molecular complexity index is 860. The number of hydrogen-bond acceptors (Lipinski definition) is 4. The fraction of sp³-hybridized carbons (Fsp3) is 0.294. The van der Waals surface area contributed by atoms with E-state index in [9.17, 15) is 18.0 Å². The molecule has 24 heavy (non-hydrogen) atoms. The van der Waals surface area contributed by atoms with Crippen molar-refractivity contribution in [3.05, 3.63) is 48.0 Å². The lowest BCUT2D eigenvalue weighted by atomic mass is 10.1. The van der Waals surface area contributed by atoms with Gasteiger partial charge in [0.25, 0.3) is 5.91 Å². The molecule has 0 aromatic heterocycles. The first-order valence-electron chi connectivity index (χ1n) is 7.60. The molecular weight excluding hydrogens is 328 g/mol. The van der Waals surface area contributed by atoms with Gasteiger partial charge in [-0.2, -0.15) is 0 Å². The molecular formula is C17H20N2O4S. The monoisotopic (exact) mass is 348 g/mol. The molecule has 0 spiro atoms. The molecule has 0 saturated carbocycles. The molecule has 2 rings (SSSR count). The predicted molar refractivity (Wildman–Crippen MR) is 93.0 cm³/mol. The van der Waals surface area contributed by atoms with Crippen molar-refractivity contribution in [2.75, 3.05) is 12.3 Å². The first-order valence-corrected chi connectivity index (χ1v) is 9.25. The van der Waals surface area contributed by atoms with Crippen LogP contribution in [0, 0.1) is 5.92 Å². The van der Waals surface area contributed by atoms with Gasteiger partial charge in [-0.3, -0.25) is 14.3 Å². The zero-order valence-electron chi connectivity index (χ0n) is 13.6. The molecule has 128 valence electrons. The highest BCUT2D eigenvalue weighted by Crippen LogP contribution is 2.15. The van der Waals surface area contributed by atoms with Gasteiger partial charge in [0.2, 0.25) is 15.9 Å². The SMILES string of the molecule is CC(C)C(=O)NS(=O)(=O)CCNC(=O)c1ccc2ccccc2c1. The molecule has 0 radical (unpaired) electrons. The first-order chi connectivity index (χ1) is 11.3. The van der Waals surface area contributed by atoms with Gasteiger partial charge in [0, 0.05) is 18.0 Å². The van der Waals surface area contributed by atoms with Crippen LogP contribution in [0.5, 0.6) is 0 Å². The van der Waals surface area contributed by atoms with Gasteiger partial charge >= 0.3 is 0 Å². The topological polar surface area (TPSA) is 92.3 Å². The minimum absolute atomic E-state index is 0.0770. The minimum Gasteiger partial charge on any atom is -0.351 e. The van der Waals surface area contributed by atoms with Crippen molar-refractivity contribution in [1.29, 1.82) is 0 Å². The number of fused-ring (bicyclic) bond motifs is 1. The molecule has 0 unspecified atom stereocenters. The quantitative estimate of drug-likeness (QED) is 0.830. The van der Waals surface area contributed by atoms with Crippen LogP contribution in [0.25, 0.3) is 10.8 Å². The van der Waals surface area contributed by atoms with Crippen LogP contribution in [0.4, 0.5) is 0 Å². The third-order valence-corrected chi connectivity index (χ3v) is 4.70. The molecule has 2 amide bonds. The Labute approximate surface area is 141 Å². The highest BCUT2D eigenvalue weighted by atomic mass is 32.2. The third-order valence-electron chi connectivity index (χ3n) is 3.45. The molecule has 2 aromatic carbocycles.